The Kier molecular flexibility index (Phi) is 3.43. The highest BCUT2D eigenvalue weighted by Crippen LogP contribution is 2.37. The van der Waals surface area contributed by atoms with Crippen molar-refractivity contribution in [3.05, 3.63) is 57.4 Å². The van der Waals surface area contributed by atoms with Gasteiger partial charge in [-0.05, 0) is 56.9 Å². The molecule has 0 saturated heterocycles. The Balaban J connectivity index is 2.15. The minimum absolute atomic E-state index is 0.108. The lowest BCUT2D eigenvalue weighted by Gasteiger charge is -2.21. The van der Waals surface area contributed by atoms with E-state index >= 15 is 0 Å². The highest BCUT2D eigenvalue weighted by molar-refractivity contribution is 5.98. The number of fused-ring (bicyclic) bond motifs is 4. The predicted octanol–water partition coefficient (Wildman–Crippen LogP) is 2.66. The third-order valence-electron chi connectivity index (χ3n) is 4.99. The number of benzene rings is 2. The fourth-order valence-electron chi connectivity index (χ4n) is 3.96. The van der Waals surface area contributed by atoms with Crippen LogP contribution in [-0.2, 0) is 11.2 Å². The van der Waals surface area contributed by atoms with E-state index in [1.807, 2.05) is 45.9 Å². The van der Waals surface area contributed by atoms with E-state index in [0.717, 1.165) is 44.2 Å². The molecule has 0 unspecified atom stereocenters. The van der Waals surface area contributed by atoms with Gasteiger partial charge in [-0.25, -0.2) is 14.8 Å². The van der Waals surface area contributed by atoms with Crippen molar-refractivity contribution in [1.29, 1.82) is 0 Å². The molecule has 5 nitrogen and oxygen atoms in total. The van der Waals surface area contributed by atoms with Crippen LogP contribution in [0.2, 0.25) is 0 Å². The molecule has 26 heavy (non-hydrogen) atoms. The third-order valence-corrected chi connectivity index (χ3v) is 4.99. The molecule has 2 aromatic rings. The molecule has 0 aliphatic carbocycles. The first-order valence-electron chi connectivity index (χ1n) is 8.65. The minimum atomic E-state index is -1.01. The molecule has 2 aliphatic heterocycles. The zero-order valence-corrected chi connectivity index (χ0v) is 15.3. The first kappa shape index (κ1) is 16.7. The molecular formula is C21H21N3O2. The Morgan fingerprint density at radius 2 is 1.81 bits per heavy atom. The Hall–Kier alpha value is -2.79. The molecule has 2 aliphatic rings. The molecule has 3 N–H and O–H groups in total. The van der Waals surface area contributed by atoms with Crippen molar-refractivity contribution in [3.8, 4) is 11.1 Å². The van der Waals surface area contributed by atoms with Crippen LogP contribution in [0.4, 0.5) is 5.69 Å². The van der Waals surface area contributed by atoms with Crippen LogP contribution in [0.5, 0.6) is 0 Å². The van der Waals surface area contributed by atoms with Crippen LogP contribution in [0.3, 0.4) is 0 Å². The van der Waals surface area contributed by atoms with Crippen LogP contribution in [-0.4, -0.2) is 16.6 Å². The fraction of sp³-hybridized carbons (Fsp3) is 0.286. The second kappa shape index (κ2) is 5.35. The first-order chi connectivity index (χ1) is 12.2. The summed E-state index contributed by atoms with van der Waals surface area (Å²) in [5.74, 6) is -1.01. The van der Waals surface area contributed by atoms with E-state index in [2.05, 4.69) is 11.1 Å². The largest absolute Gasteiger partial charge is 0.477 e. The lowest BCUT2D eigenvalue weighted by Crippen LogP contribution is -2.38. The summed E-state index contributed by atoms with van der Waals surface area (Å²) in [5.41, 5.74) is 12.6. The summed E-state index contributed by atoms with van der Waals surface area (Å²) in [5, 5.41) is 11.2. The van der Waals surface area contributed by atoms with Gasteiger partial charge >= 0.3 is 5.97 Å². The monoisotopic (exact) mass is 347 g/mol. The molecule has 0 fully saturated rings. The number of rotatable bonds is 3. The standard InChI is InChI=1S/C21H21N3O2/c1-10-15-11(2)18(20(25)26)24-19(15)13(9-21(3,4)22)16-12-7-5-6-8-14(12)23-17(10)16/h5-8H,9,22H2,1-4H3,(H,25,26). The lowest BCUT2D eigenvalue weighted by molar-refractivity contribution is -0.132. The smallest absolute Gasteiger partial charge is 0.354 e. The van der Waals surface area contributed by atoms with Gasteiger partial charge < -0.3 is 10.8 Å². The minimum Gasteiger partial charge on any atom is -0.477 e. The van der Waals surface area contributed by atoms with Gasteiger partial charge in [0.15, 0.2) is 5.70 Å². The van der Waals surface area contributed by atoms with E-state index in [4.69, 9.17) is 10.7 Å². The predicted molar refractivity (Wildman–Crippen MR) is 101 cm³/mol. The van der Waals surface area contributed by atoms with Gasteiger partial charge in [0.25, 0.3) is 0 Å². The molecule has 0 spiro atoms. The first-order valence-corrected chi connectivity index (χ1v) is 8.65. The number of carboxylic acid groups (broad SMARTS) is 1. The molecule has 0 amide bonds. The summed E-state index contributed by atoms with van der Waals surface area (Å²) in [4.78, 5) is 21.0. The third kappa shape index (κ3) is 2.31. The number of nitrogens with zero attached hydrogens (tertiary/aromatic N) is 2. The quantitative estimate of drug-likeness (QED) is 0.763. The normalized spacial score (nSPS) is 14.5. The Morgan fingerprint density at radius 3 is 2.46 bits per heavy atom. The molecule has 132 valence electrons. The zero-order chi connectivity index (χ0) is 18.8. The van der Waals surface area contributed by atoms with E-state index in [1.165, 1.54) is 0 Å². The number of carboxylic acids is 1. The Morgan fingerprint density at radius 1 is 1.12 bits per heavy atom. The van der Waals surface area contributed by atoms with Crippen LogP contribution in [0.15, 0.2) is 39.9 Å². The van der Waals surface area contributed by atoms with Gasteiger partial charge in [-0.1, -0.05) is 18.2 Å². The number of allylic oxidation sites excluding steroid dienone is 1. The van der Waals surface area contributed by atoms with Gasteiger partial charge in [-0.15, -0.1) is 0 Å². The Bertz CT molecular complexity index is 1140. The van der Waals surface area contributed by atoms with Gasteiger partial charge in [0, 0.05) is 22.2 Å². The van der Waals surface area contributed by atoms with Gasteiger partial charge in [0.05, 0.1) is 16.4 Å². The number of aliphatic carboxylic acids is 1. The van der Waals surface area contributed by atoms with E-state index in [0.29, 0.717) is 12.0 Å². The maximum absolute atomic E-state index is 11.6. The molecule has 0 radical (unpaired) electrons. The average molecular weight is 347 g/mol. The van der Waals surface area contributed by atoms with E-state index in [1.54, 1.807) is 0 Å². The van der Waals surface area contributed by atoms with Crippen LogP contribution in [0.25, 0.3) is 16.7 Å². The maximum atomic E-state index is 11.6. The number of hydrogen-bond acceptors (Lipinski definition) is 4. The average Bonchev–Trinajstić information content (AvgIpc) is 3.09. The fourth-order valence-corrected chi connectivity index (χ4v) is 3.96. The van der Waals surface area contributed by atoms with Gasteiger partial charge in [0.1, 0.15) is 0 Å². The molecule has 5 heteroatoms. The van der Waals surface area contributed by atoms with Crippen molar-refractivity contribution >= 4 is 17.2 Å². The van der Waals surface area contributed by atoms with Crippen molar-refractivity contribution in [2.45, 2.75) is 39.7 Å². The molecule has 4 rings (SSSR count). The van der Waals surface area contributed by atoms with E-state index in [9.17, 15) is 9.90 Å². The van der Waals surface area contributed by atoms with Gasteiger partial charge in [-0.2, -0.15) is 0 Å². The van der Waals surface area contributed by atoms with Crippen LogP contribution >= 0.6 is 0 Å². The van der Waals surface area contributed by atoms with Crippen molar-refractivity contribution in [2.24, 2.45) is 15.7 Å². The Labute approximate surface area is 151 Å². The molecule has 2 heterocycles. The van der Waals surface area contributed by atoms with Crippen molar-refractivity contribution in [2.75, 3.05) is 0 Å². The summed E-state index contributed by atoms with van der Waals surface area (Å²) >= 11 is 0. The summed E-state index contributed by atoms with van der Waals surface area (Å²) in [6.07, 6.45) is 0.589. The van der Waals surface area contributed by atoms with Gasteiger partial charge in [0.2, 0.25) is 0 Å². The van der Waals surface area contributed by atoms with Crippen LogP contribution < -0.4 is 16.4 Å². The second-order valence-electron chi connectivity index (χ2n) is 7.74. The second-order valence-corrected chi connectivity index (χ2v) is 7.74. The summed E-state index contributed by atoms with van der Waals surface area (Å²) < 4.78 is 0. The number of nitrogens with two attached hydrogens (primary N) is 1. The molecule has 0 aromatic heterocycles. The maximum Gasteiger partial charge on any atom is 0.354 e. The topological polar surface area (TPSA) is 88.0 Å². The van der Waals surface area contributed by atoms with Gasteiger partial charge in [-0.3, -0.25) is 0 Å². The highest BCUT2D eigenvalue weighted by atomic mass is 16.4. The molecule has 0 saturated carbocycles. The van der Waals surface area contributed by atoms with Crippen LogP contribution in [0, 0.1) is 6.92 Å². The highest BCUT2D eigenvalue weighted by Gasteiger charge is 2.30. The summed E-state index contributed by atoms with van der Waals surface area (Å²) in [7, 11) is 0. The number of para-hydroxylation sites is 1. The molecular weight excluding hydrogens is 326 g/mol. The number of carbonyl (C=O) groups is 1. The van der Waals surface area contributed by atoms with E-state index < -0.39 is 11.5 Å². The zero-order valence-electron chi connectivity index (χ0n) is 15.3. The summed E-state index contributed by atoms with van der Waals surface area (Å²) in [6.45, 7) is 7.75. The van der Waals surface area contributed by atoms with Crippen molar-refractivity contribution in [3.63, 3.8) is 0 Å². The van der Waals surface area contributed by atoms with Crippen molar-refractivity contribution < 1.29 is 9.90 Å². The lowest BCUT2D eigenvalue weighted by atomic mass is 9.85. The molecule has 0 atom stereocenters. The molecule has 2 aromatic carbocycles. The van der Waals surface area contributed by atoms with Crippen molar-refractivity contribution in [1.82, 2.24) is 0 Å². The van der Waals surface area contributed by atoms with E-state index in [-0.39, 0.29) is 5.70 Å². The summed E-state index contributed by atoms with van der Waals surface area (Å²) in [6, 6.07) is 8.02. The van der Waals surface area contributed by atoms with Crippen LogP contribution in [0.1, 0.15) is 37.5 Å². The SMILES string of the molecule is CC1=C(C(=O)O)N=c2c(CC(C)(C)N)c3c(c(C)c21)=Nc1ccccc1-3. The number of hydrogen-bond donors (Lipinski definition) is 2. The molecule has 0 bridgehead atoms.